The SMILES string of the molecule is Cc1nnc(-c2nc(-c3ccccc3)sc2N)s1. The highest BCUT2D eigenvalue weighted by Crippen LogP contribution is 2.36. The smallest absolute Gasteiger partial charge is 0.169 e. The number of rotatable bonds is 2. The van der Waals surface area contributed by atoms with Crippen LogP contribution in [0.5, 0.6) is 0 Å². The Bertz CT molecular complexity index is 672. The molecule has 0 atom stereocenters. The van der Waals surface area contributed by atoms with E-state index >= 15 is 0 Å². The van der Waals surface area contributed by atoms with Gasteiger partial charge in [-0.3, -0.25) is 0 Å². The first-order chi connectivity index (χ1) is 8.74. The molecule has 0 saturated carbocycles. The van der Waals surface area contributed by atoms with Gasteiger partial charge in [-0.05, 0) is 6.92 Å². The largest absolute Gasteiger partial charge is 0.389 e. The van der Waals surface area contributed by atoms with Crippen LogP contribution in [0.2, 0.25) is 0 Å². The summed E-state index contributed by atoms with van der Waals surface area (Å²) in [4.78, 5) is 4.57. The van der Waals surface area contributed by atoms with E-state index in [1.807, 2.05) is 37.3 Å². The first-order valence-electron chi connectivity index (χ1n) is 5.36. The first-order valence-corrected chi connectivity index (χ1v) is 6.99. The molecule has 90 valence electrons. The Morgan fingerprint density at radius 2 is 1.78 bits per heavy atom. The summed E-state index contributed by atoms with van der Waals surface area (Å²) in [6, 6.07) is 10.00. The molecule has 4 nitrogen and oxygen atoms in total. The number of hydrogen-bond donors (Lipinski definition) is 1. The van der Waals surface area contributed by atoms with Crippen molar-refractivity contribution in [1.29, 1.82) is 0 Å². The van der Waals surface area contributed by atoms with E-state index < -0.39 is 0 Å². The Balaban J connectivity index is 2.06. The number of thiazole rings is 1. The van der Waals surface area contributed by atoms with Crippen molar-refractivity contribution in [3.05, 3.63) is 35.3 Å². The van der Waals surface area contributed by atoms with Crippen LogP contribution in [0.25, 0.3) is 21.3 Å². The van der Waals surface area contributed by atoms with Gasteiger partial charge in [0.2, 0.25) is 0 Å². The van der Waals surface area contributed by atoms with Gasteiger partial charge in [-0.2, -0.15) is 0 Å². The zero-order chi connectivity index (χ0) is 12.5. The maximum absolute atomic E-state index is 6.01. The number of hydrogen-bond acceptors (Lipinski definition) is 6. The topological polar surface area (TPSA) is 64.7 Å². The third kappa shape index (κ3) is 2.00. The predicted molar refractivity (Wildman–Crippen MR) is 75.6 cm³/mol. The average molecular weight is 274 g/mol. The summed E-state index contributed by atoms with van der Waals surface area (Å²) in [5, 5.41) is 11.4. The van der Waals surface area contributed by atoms with Crippen LogP contribution in [0.15, 0.2) is 30.3 Å². The summed E-state index contributed by atoms with van der Waals surface area (Å²) in [6.45, 7) is 1.92. The molecule has 0 aliphatic carbocycles. The molecule has 0 aliphatic heterocycles. The molecule has 2 aromatic heterocycles. The maximum atomic E-state index is 6.01. The van der Waals surface area contributed by atoms with Crippen LogP contribution in [-0.4, -0.2) is 15.2 Å². The first kappa shape index (κ1) is 11.3. The minimum atomic E-state index is 0.685. The molecule has 2 N–H and O–H groups in total. The fourth-order valence-electron chi connectivity index (χ4n) is 1.58. The molecule has 1 aromatic carbocycles. The molecule has 0 unspecified atom stereocenters. The third-order valence-electron chi connectivity index (χ3n) is 2.40. The third-order valence-corrected chi connectivity index (χ3v) is 4.18. The molecule has 3 rings (SSSR count). The van der Waals surface area contributed by atoms with E-state index in [1.54, 1.807) is 0 Å². The van der Waals surface area contributed by atoms with E-state index in [0.717, 1.165) is 26.3 Å². The molecule has 0 bridgehead atoms. The summed E-state index contributed by atoms with van der Waals surface area (Å²) in [5.41, 5.74) is 7.83. The Hall–Kier alpha value is -1.79. The number of nitrogen functional groups attached to an aromatic ring is 1. The van der Waals surface area contributed by atoms with Gasteiger partial charge < -0.3 is 5.73 Å². The second kappa shape index (κ2) is 4.47. The van der Waals surface area contributed by atoms with Gasteiger partial charge in [0.1, 0.15) is 20.7 Å². The van der Waals surface area contributed by atoms with Crippen molar-refractivity contribution in [2.45, 2.75) is 6.92 Å². The zero-order valence-corrected chi connectivity index (χ0v) is 11.3. The minimum absolute atomic E-state index is 0.685. The zero-order valence-electron chi connectivity index (χ0n) is 9.62. The van der Waals surface area contributed by atoms with Crippen LogP contribution in [0.4, 0.5) is 5.00 Å². The lowest BCUT2D eigenvalue weighted by molar-refractivity contribution is 1.05. The molecule has 0 aliphatic rings. The molecule has 0 radical (unpaired) electrons. The van der Waals surface area contributed by atoms with E-state index in [4.69, 9.17) is 5.73 Å². The molecule has 0 amide bonds. The van der Waals surface area contributed by atoms with Gasteiger partial charge in [0.15, 0.2) is 5.01 Å². The summed E-state index contributed by atoms with van der Waals surface area (Å²) in [7, 11) is 0. The molecule has 0 spiro atoms. The molecule has 3 aromatic rings. The van der Waals surface area contributed by atoms with Crippen molar-refractivity contribution < 1.29 is 0 Å². The van der Waals surface area contributed by atoms with Crippen molar-refractivity contribution >= 4 is 27.7 Å². The van der Waals surface area contributed by atoms with E-state index in [-0.39, 0.29) is 0 Å². The van der Waals surface area contributed by atoms with E-state index in [2.05, 4.69) is 15.2 Å². The number of nitrogens with two attached hydrogens (primary N) is 1. The van der Waals surface area contributed by atoms with E-state index in [0.29, 0.717) is 5.00 Å². The monoisotopic (exact) mass is 274 g/mol. The number of benzene rings is 1. The van der Waals surface area contributed by atoms with Gasteiger partial charge in [0.25, 0.3) is 0 Å². The number of nitrogens with zero attached hydrogens (tertiary/aromatic N) is 3. The average Bonchev–Trinajstić information content (AvgIpc) is 2.97. The van der Waals surface area contributed by atoms with Crippen LogP contribution in [0.1, 0.15) is 5.01 Å². The van der Waals surface area contributed by atoms with Crippen LogP contribution in [0.3, 0.4) is 0 Å². The fourth-order valence-corrected chi connectivity index (χ4v) is 3.18. The molecular formula is C12H10N4S2. The predicted octanol–water partition coefficient (Wildman–Crippen LogP) is 3.22. The van der Waals surface area contributed by atoms with Gasteiger partial charge in [-0.25, -0.2) is 4.98 Å². The van der Waals surface area contributed by atoms with E-state index in [9.17, 15) is 0 Å². The Morgan fingerprint density at radius 3 is 2.44 bits per heavy atom. The lowest BCUT2D eigenvalue weighted by Gasteiger charge is -1.92. The molecule has 6 heteroatoms. The number of anilines is 1. The summed E-state index contributed by atoms with van der Waals surface area (Å²) >= 11 is 2.98. The summed E-state index contributed by atoms with van der Waals surface area (Å²) < 4.78 is 0. The van der Waals surface area contributed by atoms with Crippen molar-refractivity contribution in [1.82, 2.24) is 15.2 Å². The molecular weight excluding hydrogens is 264 g/mol. The second-order valence-corrected chi connectivity index (χ2v) is 5.94. The van der Waals surface area contributed by atoms with Gasteiger partial charge >= 0.3 is 0 Å². The Kier molecular flexibility index (Phi) is 2.81. The number of aromatic nitrogens is 3. The summed E-state index contributed by atoms with van der Waals surface area (Å²) in [6.07, 6.45) is 0. The second-order valence-electron chi connectivity index (χ2n) is 3.72. The maximum Gasteiger partial charge on any atom is 0.169 e. The van der Waals surface area contributed by atoms with Crippen molar-refractivity contribution in [2.24, 2.45) is 0 Å². The fraction of sp³-hybridized carbons (Fsp3) is 0.0833. The Labute approximate surface area is 112 Å². The van der Waals surface area contributed by atoms with Gasteiger partial charge in [-0.15, -0.1) is 10.2 Å². The molecule has 2 heterocycles. The summed E-state index contributed by atoms with van der Waals surface area (Å²) in [5.74, 6) is 0. The van der Waals surface area contributed by atoms with Crippen molar-refractivity contribution in [2.75, 3.05) is 5.73 Å². The highest BCUT2D eigenvalue weighted by Gasteiger charge is 2.15. The van der Waals surface area contributed by atoms with Gasteiger partial charge in [0, 0.05) is 5.56 Å². The van der Waals surface area contributed by atoms with Gasteiger partial charge in [-0.1, -0.05) is 53.0 Å². The van der Waals surface area contributed by atoms with E-state index in [1.165, 1.54) is 22.7 Å². The van der Waals surface area contributed by atoms with Crippen LogP contribution >= 0.6 is 22.7 Å². The molecule has 18 heavy (non-hydrogen) atoms. The van der Waals surface area contributed by atoms with Crippen LogP contribution in [0, 0.1) is 6.92 Å². The minimum Gasteiger partial charge on any atom is -0.389 e. The van der Waals surface area contributed by atoms with Gasteiger partial charge in [0.05, 0.1) is 0 Å². The van der Waals surface area contributed by atoms with Crippen LogP contribution in [-0.2, 0) is 0 Å². The Morgan fingerprint density at radius 1 is 1.00 bits per heavy atom. The molecule has 0 saturated heterocycles. The normalized spacial score (nSPS) is 10.7. The molecule has 0 fully saturated rings. The van der Waals surface area contributed by atoms with Crippen LogP contribution < -0.4 is 5.73 Å². The van der Waals surface area contributed by atoms with Crippen molar-refractivity contribution in [3.8, 4) is 21.3 Å². The highest BCUT2D eigenvalue weighted by atomic mass is 32.1. The highest BCUT2D eigenvalue weighted by molar-refractivity contribution is 7.20. The lowest BCUT2D eigenvalue weighted by Crippen LogP contribution is -1.85. The van der Waals surface area contributed by atoms with Crippen molar-refractivity contribution in [3.63, 3.8) is 0 Å². The lowest BCUT2D eigenvalue weighted by atomic mass is 10.2. The standard InChI is InChI=1S/C12H10N4S2/c1-7-15-16-12(17-7)9-10(13)18-11(14-9)8-5-3-2-4-6-8/h2-6H,13H2,1H3. The number of aryl methyl sites for hydroxylation is 1. The quantitative estimate of drug-likeness (QED) is 0.779.